The van der Waals surface area contributed by atoms with Gasteiger partial charge in [0.15, 0.2) is 5.84 Å². The summed E-state index contributed by atoms with van der Waals surface area (Å²) in [6.07, 6.45) is 0. The molecule has 1 aliphatic heterocycles. The van der Waals surface area contributed by atoms with Crippen molar-refractivity contribution < 1.29 is 19.4 Å². The van der Waals surface area contributed by atoms with Crippen LogP contribution >= 0.6 is 0 Å². The molecule has 0 radical (unpaired) electrons. The van der Waals surface area contributed by atoms with Crippen molar-refractivity contribution in [3.8, 4) is 0 Å². The number of ether oxygens (including phenoxy) is 1. The maximum absolute atomic E-state index is 12.6. The number of amides is 1. The van der Waals surface area contributed by atoms with Gasteiger partial charge in [0.05, 0.1) is 12.8 Å². The molecule has 3 rings (SSSR count). The molecule has 0 aromatic heterocycles. The van der Waals surface area contributed by atoms with E-state index in [-0.39, 0.29) is 22.9 Å². The number of aliphatic hydroxyl groups excluding tert-OH is 1. The molecule has 2 aromatic carbocycles. The first-order valence-corrected chi connectivity index (χ1v) is 8.29. The lowest BCUT2D eigenvalue weighted by atomic mass is 9.99. The van der Waals surface area contributed by atoms with Crippen LogP contribution in [0.1, 0.15) is 34.0 Å². The zero-order valence-electron chi connectivity index (χ0n) is 15.2. The lowest BCUT2D eigenvalue weighted by Gasteiger charge is -2.07. The summed E-state index contributed by atoms with van der Waals surface area (Å²) in [7, 11) is 1.23. The molecular formula is C21H18N2O4. The van der Waals surface area contributed by atoms with Crippen molar-refractivity contribution in [1.29, 1.82) is 0 Å². The smallest absolute Gasteiger partial charge is 0.343 e. The zero-order chi connectivity index (χ0) is 19.6. The van der Waals surface area contributed by atoms with E-state index in [1.165, 1.54) is 14.0 Å². The molecule has 6 nitrogen and oxygen atoms in total. The Bertz CT molecular complexity index is 1030. The predicted molar refractivity (Wildman–Crippen MR) is 102 cm³/mol. The first kappa shape index (κ1) is 18.3. The van der Waals surface area contributed by atoms with Gasteiger partial charge in [-0.3, -0.25) is 4.79 Å². The van der Waals surface area contributed by atoms with Crippen LogP contribution in [0.25, 0.3) is 0 Å². The van der Waals surface area contributed by atoms with Gasteiger partial charge in [-0.05, 0) is 26.0 Å². The minimum atomic E-state index is -0.713. The van der Waals surface area contributed by atoms with Crippen molar-refractivity contribution in [2.45, 2.75) is 13.8 Å². The Balaban J connectivity index is 2.12. The molecule has 1 amide bonds. The van der Waals surface area contributed by atoms with E-state index in [1.54, 1.807) is 42.5 Å². The third kappa shape index (κ3) is 3.55. The second kappa shape index (κ2) is 7.37. The van der Waals surface area contributed by atoms with E-state index >= 15 is 0 Å². The number of hydrogen-bond acceptors (Lipinski definition) is 4. The van der Waals surface area contributed by atoms with Crippen LogP contribution in [-0.2, 0) is 9.53 Å². The minimum absolute atomic E-state index is 0.0573. The van der Waals surface area contributed by atoms with Crippen molar-refractivity contribution in [2.24, 2.45) is 9.98 Å². The molecule has 0 bridgehead atoms. The standard InChI is InChI=1S/C21H18N2O4/c1-12-7-6-8-14(11-12)20(25)23-19-16-10-5-4-9-15(16)18(22-19)17(13(2)24)21(26)27-3/h4-11,24H,1-3H3/b17-13-,23-19?. The molecule has 0 atom stereocenters. The van der Waals surface area contributed by atoms with E-state index in [1.807, 2.05) is 13.0 Å². The molecule has 136 valence electrons. The summed E-state index contributed by atoms with van der Waals surface area (Å²) in [4.78, 5) is 33.2. The van der Waals surface area contributed by atoms with Gasteiger partial charge in [0.1, 0.15) is 11.3 Å². The molecule has 0 saturated carbocycles. The number of aliphatic imine (C=N–C) groups is 2. The van der Waals surface area contributed by atoms with Crippen LogP contribution in [0.5, 0.6) is 0 Å². The molecule has 1 heterocycles. The van der Waals surface area contributed by atoms with Gasteiger partial charge in [-0.2, -0.15) is 4.99 Å². The molecule has 2 aromatic rings. The molecule has 0 saturated heterocycles. The topological polar surface area (TPSA) is 88.3 Å². The van der Waals surface area contributed by atoms with E-state index in [9.17, 15) is 14.7 Å². The van der Waals surface area contributed by atoms with Gasteiger partial charge in [0, 0.05) is 16.7 Å². The second-order valence-corrected chi connectivity index (χ2v) is 6.07. The quantitative estimate of drug-likeness (QED) is 0.515. The Labute approximate surface area is 156 Å². The van der Waals surface area contributed by atoms with E-state index < -0.39 is 11.9 Å². The number of esters is 1. The molecule has 0 fully saturated rings. The fraction of sp³-hybridized carbons (Fsp3) is 0.143. The predicted octanol–water partition coefficient (Wildman–Crippen LogP) is 3.39. The first-order chi connectivity index (χ1) is 12.9. The van der Waals surface area contributed by atoms with Gasteiger partial charge < -0.3 is 9.84 Å². The third-order valence-corrected chi connectivity index (χ3v) is 4.10. The Morgan fingerprint density at radius 1 is 1.07 bits per heavy atom. The highest BCUT2D eigenvalue weighted by Gasteiger charge is 2.30. The zero-order valence-corrected chi connectivity index (χ0v) is 15.2. The molecule has 0 unspecified atom stereocenters. The molecule has 0 aliphatic carbocycles. The van der Waals surface area contributed by atoms with Gasteiger partial charge in [0.25, 0.3) is 5.91 Å². The molecule has 27 heavy (non-hydrogen) atoms. The van der Waals surface area contributed by atoms with Gasteiger partial charge in [0.2, 0.25) is 0 Å². The van der Waals surface area contributed by atoms with Crippen molar-refractivity contribution >= 4 is 23.4 Å². The van der Waals surface area contributed by atoms with Gasteiger partial charge in [-0.1, -0.05) is 42.0 Å². The van der Waals surface area contributed by atoms with Crippen molar-refractivity contribution in [3.63, 3.8) is 0 Å². The lowest BCUT2D eigenvalue weighted by molar-refractivity contribution is -0.135. The number of benzene rings is 2. The fourth-order valence-electron chi connectivity index (χ4n) is 2.84. The Morgan fingerprint density at radius 3 is 2.41 bits per heavy atom. The summed E-state index contributed by atoms with van der Waals surface area (Å²) < 4.78 is 4.76. The Hall–Kier alpha value is -3.54. The highest BCUT2D eigenvalue weighted by Crippen LogP contribution is 2.25. The number of fused-ring (bicyclic) bond motifs is 1. The van der Waals surface area contributed by atoms with Crippen molar-refractivity contribution in [1.82, 2.24) is 0 Å². The molecule has 0 spiro atoms. The Kier molecular flexibility index (Phi) is 4.98. The fourth-order valence-corrected chi connectivity index (χ4v) is 2.84. The number of rotatable bonds is 3. The largest absolute Gasteiger partial charge is 0.512 e. The Morgan fingerprint density at radius 2 is 1.78 bits per heavy atom. The summed E-state index contributed by atoms with van der Waals surface area (Å²) in [5.74, 6) is -1.18. The van der Waals surface area contributed by atoms with E-state index in [4.69, 9.17) is 4.74 Å². The van der Waals surface area contributed by atoms with Crippen LogP contribution < -0.4 is 0 Å². The summed E-state index contributed by atoms with van der Waals surface area (Å²) in [5, 5.41) is 9.97. The van der Waals surface area contributed by atoms with Crippen LogP contribution in [0.4, 0.5) is 0 Å². The number of carbonyl (C=O) groups is 2. The summed E-state index contributed by atoms with van der Waals surface area (Å²) in [5.41, 5.74) is 2.78. The number of hydrogen-bond donors (Lipinski definition) is 1. The number of carbonyl (C=O) groups excluding carboxylic acids is 2. The monoisotopic (exact) mass is 362 g/mol. The normalized spacial score (nSPS) is 15.1. The van der Waals surface area contributed by atoms with E-state index in [2.05, 4.69) is 9.98 Å². The SMILES string of the molecule is COC(=O)/C(C1=NC(=NC(=O)c2cccc(C)c2)c2ccccc21)=C(/C)O. The summed E-state index contributed by atoms with van der Waals surface area (Å²) >= 11 is 0. The number of aryl methyl sites for hydroxylation is 1. The number of amidine groups is 1. The van der Waals surface area contributed by atoms with Crippen LogP contribution in [0.2, 0.25) is 0 Å². The van der Waals surface area contributed by atoms with Crippen LogP contribution in [0.15, 0.2) is 69.8 Å². The summed E-state index contributed by atoms with van der Waals surface area (Å²) in [6.45, 7) is 3.27. The second-order valence-electron chi connectivity index (χ2n) is 6.07. The van der Waals surface area contributed by atoms with Gasteiger partial charge in [-0.15, -0.1) is 0 Å². The highest BCUT2D eigenvalue weighted by molar-refractivity contribution is 6.36. The number of methoxy groups -OCH3 is 1. The van der Waals surface area contributed by atoms with Crippen LogP contribution in [0.3, 0.4) is 0 Å². The number of allylic oxidation sites excluding steroid dienone is 1. The first-order valence-electron chi connectivity index (χ1n) is 8.29. The van der Waals surface area contributed by atoms with Crippen molar-refractivity contribution in [3.05, 3.63) is 82.1 Å². The lowest BCUT2D eigenvalue weighted by Crippen LogP contribution is -2.16. The van der Waals surface area contributed by atoms with E-state index in [0.29, 0.717) is 16.7 Å². The van der Waals surface area contributed by atoms with Gasteiger partial charge in [-0.25, -0.2) is 9.79 Å². The number of nitrogens with zero attached hydrogens (tertiary/aromatic N) is 2. The maximum Gasteiger partial charge on any atom is 0.343 e. The minimum Gasteiger partial charge on any atom is -0.512 e. The average molecular weight is 362 g/mol. The molecule has 6 heteroatoms. The van der Waals surface area contributed by atoms with E-state index in [0.717, 1.165) is 5.56 Å². The average Bonchev–Trinajstić information content (AvgIpc) is 3.00. The summed E-state index contributed by atoms with van der Waals surface area (Å²) in [6, 6.07) is 14.2. The molecule has 1 N–H and O–H groups in total. The third-order valence-electron chi connectivity index (χ3n) is 4.10. The maximum atomic E-state index is 12.6. The molecular weight excluding hydrogens is 344 g/mol. The van der Waals surface area contributed by atoms with Crippen LogP contribution in [-0.4, -0.2) is 35.6 Å². The highest BCUT2D eigenvalue weighted by atomic mass is 16.5. The van der Waals surface area contributed by atoms with Crippen LogP contribution in [0, 0.1) is 6.92 Å². The molecule has 1 aliphatic rings. The van der Waals surface area contributed by atoms with Crippen molar-refractivity contribution in [2.75, 3.05) is 7.11 Å². The van der Waals surface area contributed by atoms with Gasteiger partial charge >= 0.3 is 5.97 Å². The number of aliphatic hydroxyl groups is 1.